The lowest BCUT2D eigenvalue weighted by molar-refractivity contribution is 1.31. The third-order valence-corrected chi connectivity index (χ3v) is 3.31. The average Bonchev–Trinajstić information content (AvgIpc) is 2.99. The number of nitrogens with two attached hydrogens (primary N) is 2. The third-order valence-electron chi connectivity index (χ3n) is 3.31. The van der Waals surface area contributed by atoms with Gasteiger partial charge in [-0.25, -0.2) is 9.97 Å². The largest absolute Gasteiger partial charge is 0.384 e. The second kappa shape index (κ2) is 3.74. The van der Waals surface area contributed by atoms with E-state index in [1.807, 2.05) is 18.2 Å². The Bertz CT molecular complexity index is 900. The molecule has 4 aromatic rings. The van der Waals surface area contributed by atoms with E-state index in [4.69, 9.17) is 11.5 Å². The molecule has 0 aliphatic carbocycles. The number of nitrogen functional groups attached to an aromatic ring is 2. The van der Waals surface area contributed by atoms with Gasteiger partial charge in [0.2, 0.25) is 0 Å². The number of aromatic amines is 2. The highest BCUT2D eigenvalue weighted by Gasteiger charge is 2.12. The molecule has 0 saturated carbocycles. The van der Waals surface area contributed by atoms with E-state index in [1.165, 1.54) is 0 Å². The number of nitrogens with zero attached hydrogens (tertiary/aromatic N) is 2. The molecule has 6 nitrogen and oxygen atoms in total. The van der Waals surface area contributed by atoms with E-state index >= 15 is 0 Å². The quantitative estimate of drug-likeness (QED) is 0.422. The minimum Gasteiger partial charge on any atom is -0.384 e. The molecule has 0 radical (unpaired) electrons. The lowest BCUT2D eigenvalue weighted by Gasteiger charge is -2.00. The maximum absolute atomic E-state index is 5.85. The molecule has 4 rings (SSSR count). The van der Waals surface area contributed by atoms with Crippen molar-refractivity contribution >= 4 is 33.8 Å². The van der Waals surface area contributed by atoms with Gasteiger partial charge in [0.25, 0.3) is 0 Å². The van der Waals surface area contributed by atoms with Crippen LogP contribution in [0.3, 0.4) is 0 Å². The van der Waals surface area contributed by atoms with Crippen LogP contribution < -0.4 is 11.5 Å². The van der Waals surface area contributed by atoms with E-state index in [9.17, 15) is 0 Å². The molecule has 1 aromatic carbocycles. The highest BCUT2D eigenvalue weighted by atomic mass is 15.1. The Kier molecular flexibility index (Phi) is 2.03. The van der Waals surface area contributed by atoms with Crippen molar-refractivity contribution in [3.05, 3.63) is 36.4 Å². The molecule has 0 fully saturated rings. The first-order valence-corrected chi connectivity index (χ1v) is 6.20. The van der Waals surface area contributed by atoms with E-state index in [0.717, 1.165) is 22.2 Å². The molecule has 0 aliphatic heterocycles. The van der Waals surface area contributed by atoms with Gasteiger partial charge in [-0.1, -0.05) is 18.2 Å². The van der Waals surface area contributed by atoms with Gasteiger partial charge in [0.15, 0.2) is 11.6 Å². The Hall–Kier alpha value is -3.02. The molecule has 0 amide bonds. The number of hydrogen-bond donors (Lipinski definition) is 4. The predicted octanol–water partition coefficient (Wildman–Crippen LogP) is 2.27. The van der Waals surface area contributed by atoms with Crippen LogP contribution in [0, 0.1) is 0 Å². The first kappa shape index (κ1) is 10.9. The number of fused-ring (bicyclic) bond motifs is 2. The van der Waals surface area contributed by atoms with Gasteiger partial charge < -0.3 is 21.4 Å². The van der Waals surface area contributed by atoms with Crippen LogP contribution in [0.25, 0.3) is 33.3 Å². The van der Waals surface area contributed by atoms with Crippen LogP contribution in [0.5, 0.6) is 0 Å². The second-order valence-electron chi connectivity index (χ2n) is 4.68. The van der Waals surface area contributed by atoms with Crippen LogP contribution in [0.2, 0.25) is 0 Å². The van der Waals surface area contributed by atoms with Crippen molar-refractivity contribution in [3.63, 3.8) is 0 Å². The highest BCUT2D eigenvalue weighted by molar-refractivity contribution is 5.95. The van der Waals surface area contributed by atoms with Crippen LogP contribution in [-0.4, -0.2) is 19.9 Å². The van der Waals surface area contributed by atoms with Crippen LogP contribution in [0.4, 0.5) is 11.8 Å². The lowest BCUT2D eigenvalue weighted by Crippen LogP contribution is -1.92. The monoisotopic (exact) mass is 264 g/mol. The Morgan fingerprint density at radius 3 is 2.65 bits per heavy atom. The van der Waals surface area contributed by atoms with E-state index in [1.54, 1.807) is 6.07 Å². The van der Waals surface area contributed by atoms with Gasteiger partial charge in [0.05, 0.1) is 0 Å². The zero-order chi connectivity index (χ0) is 13.7. The summed E-state index contributed by atoms with van der Waals surface area (Å²) in [6.07, 6.45) is 0. The number of hydrogen-bond acceptors (Lipinski definition) is 4. The molecule has 0 aliphatic rings. The molecule has 6 heteroatoms. The summed E-state index contributed by atoms with van der Waals surface area (Å²) in [5.41, 5.74) is 15.8. The molecule has 6 N–H and O–H groups in total. The summed E-state index contributed by atoms with van der Waals surface area (Å²) >= 11 is 0. The van der Waals surface area contributed by atoms with Crippen LogP contribution in [0.1, 0.15) is 0 Å². The Morgan fingerprint density at radius 1 is 0.950 bits per heavy atom. The summed E-state index contributed by atoms with van der Waals surface area (Å²) in [7, 11) is 0. The minimum atomic E-state index is 0.329. The fraction of sp³-hybridized carbons (Fsp3) is 0. The lowest BCUT2D eigenvalue weighted by atomic mass is 10.1. The first-order valence-electron chi connectivity index (χ1n) is 6.20. The molecular formula is C14H12N6. The smallest absolute Gasteiger partial charge is 0.199 e. The van der Waals surface area contributed by atoms with Crippen LogP contribution in [-0.2, 0) is 0 Å². The number of rotatable bonds is 1. The average molecular weight is 264 g/mol. The van der Waals surface area contributed by atoms with Gasteiger partial charge in [0, 0.05) is 22.2 Å². The van der Waals surface area contributed by atoms with Gasteiger partial charge in [-0.2, -0.15) is 0 Å². The minimum absolute atomic E-state index is 0.329. The maximum Gasteiger partial charge on any atom is 0.199 e. The number of imidazole rings is 1. The van der Waals surface area contributed by atoms with Crippen molar-refractivity contribution in [2.24, 2.45) is 0 Å². The molecule has 0 spiro atoms. The zero-order valence-corrected chi connectivity index (χ0v) is 10.5. The van der Waals surface area contributed by atoms with Crippen LogP contribution >= 0.6 is 0 Å². The Morgan fingerprint density at radius 2 is 1.80 bits per heavy atom. The van der Waals surface area contributed by atoms with Crippen molar-refractivity contribution in [3.8, 4) is 11.3 Å². The van der Waals surface area contributed by atoms with Crippen LogP contribution in [0.15, 0.2) is 36.4 Å². The third kappa shape index (κ3) is 1.51. The number of anilines is 2. The first-order chi connectivity index (χ1) is 9.70. The van der Waals surface area contributed by atoms with Crippen molar-refractivity contribution in [1.82, 2.24) is 19.9 Å². The normalized spacial score (nSPS) is 11.4. The molecule has 0 saturated heterocycles. The number of nitrogens with one attached hydrogen (secondary N) is 2. The van der Waals surface area contributed by atoms with Crippen molar-refractivity contribution in [2.45, 2.75) is 0 Å². The van der Waals surface area contributed by atoms with Crippen molar-refractivity contribution < 1.29 is 0 Å². The summed E-state index contributed by atoms with van der Waals surface area (Å²) in [6.45, 7) is 0. The topological polar surface area (TPSA) is 109 Å². The van der Waals surface area contributed by atoms with Gasteiger partial charge in [-0.15, -0.1) is 0 Å². The summed E-state index contributed by atoms with van der Waals surface area (Å²) < 4.78 is 0. The number of aromatic nitrogens is 4. The molecule has 0 atom stereocenters. The van der Waals surface area contributed by atoms with E-state index in [-0.39, 0.29) is 0 Å². The molecular weight excluding hydrogens is 252 g/mol. The number of H-pyrrole nitrogens is 2. The van der Waals surface area contributed by atoms with Gasteiger partial charge in [0.1, 0.15) is 11.3 Å². The zero-order valence-electron chi connectivity index (χ0n) is 10.5. The summed E-state index contributed by atoms with van der Waals surface area (Å²) in [4.78, 5) is 14.8. The summed E-state index contributed by atoms with van der Waals surface area (Å²) in [6, 6.07) is 11.9. The Balaban J connectivity index is 2.05. The van der Waals surface area contributed by atoms with E-state index < -0.39 is 0 Å². The van der Waals surface area contributed by atoms with Crippen molar-refractivity contribution in [2.75, 3.05) is 11.5 Å². The standard InChI is InChI=1S/C14H12N6/c15-11-6-8(12-13(18-11)20-14(16)19-12)10-5-7-3-1-2-4-9(7)17-10/h1-6,17H,(H5,15,16,18,19,20). The maximum atomic E-state index is 5.85. The van der Waals surface area contributed by atoms with Gasteiger partial charge >= 0.3 is 0 Å². The number of para-hydroxylation sites is 1. The number of benzene rings is 1. The molecule has 3 heterocycles. The Labute approximate surface area is 113 Å². The summed E-state index contributed by atoms with van der Waals surface area (Å²) in [5, 5.41) is 1.13. The number of pyridine rings is 1. The molecule has 3 aromatic heterocycles. The molecule has 20 heavy (non-hydrogen) atoms. The second-order valence-corrected chi connectivity index (χ2v) is 4.68. The highest BCUT2D eigenvalue weighted by Crippen LogP contribution is 2.30. The SMILES string of the molecule is Nc1cc(-c2cc3ccccc3[nH]2)c2nc(N)[nH]c2n1. The fourth-order valence-corrected chi connectivity index (χ4v) is 2.45. The predicted molar refractivity (Wildman–Crippen MR) is 80.0 cm³/mol. The van der Waals surface area contributed by atoms with Crippen molar-refractivity contribution in [1.29, 1.82) is 0 Å². The van der Waals surface area contributed by atoms with E-state index in [0.29, 0.717) is 22.9 Å². The summed E-state index contributed by atoms with van der Waals surface area (Å²) in [5.74, 6) is 0.755. The molecule has 98 valence electrons. The van der Waals surface area contributed by atoms with Gasteiger partial charge in [-0.3, -0.25) is 0 Å². The molecule has 0 bridgehead atoms. The molecule has 0 unspecified atom stereocenters. The van der Waals surface area contributed by atoms with E-state index in [2.05, 4.69) is 32.1 Å². The fourth-order valence-electron chi connectivity index (χ4n) is 2.45. The van der Waals surface area contributed by atoms with Gasteiger partial charge in [-0.05, 0) is 18.2 Å².